The van der Waals surface area contributed by atoms with Crippen molar-refractivity contribution < 1.29 is 29.7 Å². The molecule has 0 heterocycles. The van der Waals surface area contributed by atoms with E-state index < -0.39 is 35.8 Å². The molecule has 0 saturated heterocycles. The summed E-state index contributed by atoms with van der Waals surface area (Å²) >= 11 is 0. The zero-order valence-corrected chi connectivity index (χ0v) is 16.8. The van der Waals surface area contributed by atoms with Gasteiger partial charge in [0.15, 0.2) is 11.6 Å². The molecule has 0 bridgehead atoms. The fourth-order valence-corrected chi connectivity index (χ4v) is 6.71. The number of carbonyl (C=O) groups is 3. The van der Waals surface area contributed by atoms with Crippen LogP contribution < -0.4 is 0 Å². The number of carboxylic acid groups (broad SMARTS) is 1. The van der Waals surface area contributed by atoms with Crippen LogP contribution in [0.5, 0.6) is 0 Å². The van der Waals surface area contributed by atoms with Crippen molar-refractivity contribution >= 4 is 17.5 Å². The minimum atomic E-state index is -1.56. The van der Waals surface area contributed by atoms with Crippen LogP contribution in [0.3, 0.4) is 0 Å². The molecule has 4 aliphatic carbocycles. The fraction of sp³-hybridized carbons (Fsp3) is 0.609. The Balaban J connectivity index is 1.64. The van der Waals surface area contributed by atoms with Gasteiger partial charge in [-0.25, -0.2) is 0 Å². The molecule has 0 aromatic carbocycles. The molecule has 0 amide bonds. The maximum absolute atomic E-state index is 12.8. The first-order valence-electron chi connectivity index (χ1n) is 10.3. The van der Waals surface area contributed by atoms with E-state index in [-0.39, 0.29) is 29.0 Å². The Bertz CT molecular complexity index is 867. The van der Waals surface area contributed by atoms with Crippen molar-refractivity contribution in [2.45, 2.75) is 58.2 Å². The van der Waals surface area contributed by atoms with Gasteiger partial charge < -0.3 is 15.3 Å². The molecule has 0 spiro atoms. The lowest BCUT2D eigenvalue weighted by Crippen LogP contribution is -2.56. The Morgan fingerprint density at radius 2 is 2.03 bits per heavy atom. The molecular formula is C23H28O6. The van der Waals surface area contributed by atoms with E-state index in [1.165, 1.54) is 0 Å². The second-order valence-electron chi connectivity index (χ2n) is 9.54. The van der Waals surface area contributed by atoms with Gasteiger partial charge in [0, 0.05) is 22.3 Å². The Morgan fingerprint density at radius 1 is 1.31 bits per heavy atom. The summed E-state index contributed by atoms with van der Waals surface area (Å²) in [6, 6.07) is 0. The monoisotopic (exact) mass is 400 g/mol. The number of carboxylic acids is 1. The molecule has 4 aliphatic rings. The normalized spacial score (nSPS) is 41.6. The van der Waals surface area contributed by atoms with E-state index in [9.17, 15) is 24.6 Å². The Labute approximate surface area is 170 Å². The second-order valence-corrected chi connectivity index (χ2v) is 9.54. The fourth-order valence-electron chi connectivity index (χ4n) is 6.71. The van der Waals surface area contributed by atoms with E-state index in [4.69, 9.17) is 5.11 Å². The summed E-state index contributed by atoms with van der Waals surface area (Å²) in [6.07, 6.45) is 6.97. The van der Waals surface area contributed by atoms with Crippen LogP contribution in [0.25, 0.3) is 0 Å². The van der Waals surface area contributed by atoms with Crippen LogP contribution >= 0.6 is 0 Å². The molecule has 7 atom stereocenters. The van der Waals surface area contributed by atoms with Crippen molar-refractivity contribution in [3.05, 3.63) is 35.5 Å². The number of aliphatic hydroxyl groups is 2. The van der Waals surface area contributed by atoms with Crippen LogP contribution in [0.4, 0.5) is 0 Å². The largest absolute Gasteiger partial charge is 0.481 e. The molecule has 3 N–H and O–H groups in total. The molecule has 29 heavy (non-hydrogen) atoms. The summed E-state index contributed by atoms with van der Waals surface area (Å²) in [5, 5.41) is 30.2. The summed E-state index contributed by atoms with van der Waals surface area (Å²) in [4.78, 5) is 35.6. The number of aliphatic hydroxyl groups excluding tert-OH is 2. The molecule has 0 aromatic rings. The number of Topliss-reactive ketones (excluding diaryl/α,β-unsaturated/α-hetero) is 1. The number of ketones is 2. The standard InChI is InChI=1S/C23H28O6/c1-22-8-7-13(24)9-12(22)3-4-14-15-5-6-16(21(29)17(25)10-19(27)28)23(15,2)11-18(26)20(14)22/h6-9,14-15,17-18,20,25-26H,3-5,10-11H2,1-2H3,(H,27,28)/t14-,15-,17?,18?,20+,22-,23-/m0/s1. The van der Waals surface area contributed by atoms with Crippen LogP contribution in [0, 0.1) is 28.6 Å². The summed E-state index contributed by atoms with van der Waals surface area (Å²) in [5.74, 6) is -1.45. The van der Waals surface area contributed by atoms with Gasteiger partial charge in [0.05, 0.1) is 12.5 Å². The Morgan fingerprint density at radius 3 is 2.72 bits per heavy atom. The highest BCUT2D eigenvalue weighted by Crippen LogP contribution is 2.64. The lowest BCUT2D eigenvalue weighted by molar-refractivity contribution is -0.143. The van der Waals surface area contributed by atoms with E-state index in [0.717, 1.165) is 18.4 Å². The lowest BCUT2D eigenvalue weighted by atomic mass is 9.46. The number of rotatable bonds is 4. The highest BCUT2D eigenvalue weighted by Gasteiger charge is 2.60. The summed E-state index contributed by atoms with van der Waals surface area (Å²) in [6.45, 7) is 4.06. The predicted molar refractivity (Wildman–Crippen MR) is 105 cm³/mol. The molecule has 4 rings (SSSR count). The average Bonchev–Trinajstić information content (AvgIpc) is 2.97. The number of fused-ring (bicyclic) bond motifs is 5. The van der Waals surface area contributed by atoms with Crippen molar-refractivity contribution in [2.24, 2.45) is 28.6 Å². The molecule has 6 heteroatoms. The van der Waals surface area contributed by atoms with Crippen LogP contribution in [0.15, 0.2) is 35.5 Å². The molecular weight excluding hydrogens is 372 g/mol. The molecule has 0 aromatic heterocycles. The van der Waals surface area contributed by atoms with E-state index >= 15 is 0 Å². The first kappa shape index (κ1) is 20.2. The third-order valence-corrected chi connectivity index (χ3v) is 8.01. The number of hydrogen-bond donors (Lipinski definition) is 3. The Kier molecular flexibility index (Phi) is 4.70. The maximum Gasteiger partial charge on any atom is 0.306 e. The highest BCUT2D eigenvalue weighted by atomic mass is 16.4. The molecule has 2 saturated carbocycles. The third-order valence-electron chi connectivity index (χ3n) is 8.01. The van der Waals surface area contributed by atoms with Crippen molar-refractivity contribution in [2.75, 3.05) is 0 Å². The van der Waals surface area contributed by atoms with E-state index in [0.29, 0.717) is 18.4 Å². The number of allylic oxidation sites excluding steroid dienone is 5. The van der Waals surface area contributed by atoms with Gasteiger partial charge in [-0.3, -0.25) is 14.4 Å². The van der Waals surface area contributed by atoms with Gasteiger partial charge in [-0.15, -0.1) is 0 Å². The number of aliphatic carboxylic acids is 1. The third kappa shape index (κ3) is 2.96. The first-order valence-corrected chi connectivity index (χ1v) is 10.3. The summed E-state index contributed by atoms with van der Waals surface area (Å²) in [7, 11) is 0. The van der Waals surface area contributed by atoms with Gasteiger partial charge in [-0.1, -0.05) is 31.6 Å². The van der Waals surface area contributed by atoms with E-state index in [2.05, 4.69) is 6.92 Å². The minimum absolute atomic E-state index is 0.00565. The van der Waals surface area contributed by atoms with Crippen molar-refractivity contribution in [3.63, 3.8) is 0 Å². The van der Waals surface area contributed by atoms with Crippen LogP contribution in [0.2, 0.25) is 0 Å². The minimum Gasteiger partial charge on any atom is -0.481 e. The van der Waals surface area contributed by atoms with Crippen LogP contribution in [0.1, 0.15) is 46.0 Å². The van der Waals surface area contributed by atoms with Gasteiger partial charge in [0.1, 0.15) is 6.10 Å². The molecule has 6 nitrogen and oxygen atoms in total. The second kappa shape index (κ2) is 6.74. The first-order chi connectivity index (χ1) is 13.6. The summed E-state index contributed by atoms with van der Waals surface area (Å²) in [5.41, 5.74) is 0.596. The van der Waals surface area contributed by atoms with Crippen LogP contribution in [-0.2, 0) is 14.4 Å². The van der Waals surface area contributed by atoms with Gasteiger partial charge >= 0.3 is 5.97 Å². The number of carbonyl (C=O) groups excluding carboxylic acids is 2. The topological polar surface area (TPSA) is 112 Å². The molecule has 2 unspecified atom stereocenters. The molecule has 2 fully saturated rings. The van der Waals surface area contributed by atoms with Gasteiger partial charge in [0.25, 0.3) is 0 Å². The smallest absolute Gasteiger partial charge is 0.306 e. The zero-order valence-electron chi connectivity index (χ0n) is 16.8. The highest BCUT2D eigenvalue weighted by molar-refractivity contribution is 6.02. The maximum atomic E-state index is 12.8. The van der Waals surface area contributed by atoms with Crippen molar-refractivity contribution in [3.8, 4) is 0 Å². The van der Waals surface area contributed by atoms with E-state index in [1.807, 2.05) is 19.1 Å². The SMILES string of the molecule is C[C@]12C=CC(=O)C=C1CC[C@@H]1[C@@H]2C(O)C[C@]2(C)C(C(=O)C(O)CC(=O)O)=CC[C@@H]12. The quantitative estimate of drug-likeness (QED) is 0.667. The number of hydrogen-bond acceptors (Lipinski definition) is 5. The van der Waals surface area contributed by atoms with Crippen molar-refractivity contribution in [1.82, 2.24) is 0 Å². The van der Waals surface area contributed by atoms with Gasteiger partial charge in [0.2, 0.25) is 0 Å². The molecule has 156 valence electrons. The molecule has 0 aliphatic heterocycles. The zero-order chi connectivity index (χ0) is 21.1. The Hall–Kier alpha value is -2.05. The molecule has 0 radical (unpaired) electrons. The van der Waals surface area contributed by atoms with Gasteiger partial charge in [-0.2, -0.15) is 0 Å². The van der Waals surface area contributed by atoms with Crippen LogP contribution in [-0.4, -0.2) is 45.1 Å². The lowest BCUT2D eigenvalue weighted by Gasteiger charge is -2.58. The average molecular weight is 400 g/mol. The predicted octanol–water partition coefficient (Wildman–Crippen LogP) is 2.21. The summed E-state index contributed by atoms with van der Waals surface area (Å²) < 4.78 is 0. The van der Waals surface area contributed by atoms with E-state index in [1.54, 1.807) is 12.2 Å². The van der Waals surface area contributed by atoms with Gasteiger partial charge in [-0.05, 0) is 49.7 Å². The van der Waals surface area contributed by atoms with Crippen molar-refractivity contribution in [1.29, 1.82) is 0 Å².